The molecule has 0 saturated carbocycles. The zero-order valence-corrected chi connectivity index (χ0v) is 24.0. The topological polar surface area (TPSA) is 12.5 Å². The molecule has 7 rings (SSSR count). The molecular formula is C40H33NO. The third-order valence-corrected chi connectivity index (χ3v) is 8.62. The molecule has 6 aromatic rings. The predicted octanol–water partition coefficient (Wildman–Crippen LogP) is 10.1. The molecule has 0 aromatic heterocycles. The number of rotatable bonds is 7. The van der Waals surface area contributed by atoms with Gasteiger partial charge in [-0.2, -0.15) is 0 Å². The molecule has 1 aliphatic carbocycles. The molecule has 0 saturated heterocycles. The molecule has 2 nitrogen and oxygen atoms in total. The van der Waals surface area contributed by atoms with E-state index in [0.717, 1.165) is 29.2 Å². The summed E-state index contributed by atoms with van der Waals surface area (Å²) in [5.74, 6) is 0.875. The van der Waals surface area contributed by atoms with Crippen LogP contribution in [0.1, 0.15) is 34.7 Å². The molecule has 6 aromatic carbocycles. The first-order valence-corrected chi connectivity index (χ1v) is 14.6. The van der Waals surface area contributed by atoms with Gasteiger partial charge in [0.2, 0.25) is 0 Å². The fraction of sp³-hybridized carbons (Fsp3) is 0.100. The van der Waals surface area contributed by atoms with Crippen LogP contribution in [-0.4, -0.2) is 7.11 Å². The highest BCUT2D eigenvalue weighted by Crippen LogP contribution is 2.57. The second kappa shape index (κ2) is 10.7. The van der Waals surface area contributed by atoms with Gasteiger partial charge in [-0.1, -0.05) is 116 Å². The monoisotopic (exact) mass is 543 g/mol. The van der Waals surface area contributed by atoms with Gasteiger partial charge in [0, 0.05) is 17.1 Å². The minimum Gasteiger partial charge on any atom is -0.497 e. The van der Waals surface area contributed by atoms with Crippen molar-refractivity contribution in [3.05, 3.63) is 179 Å². The van der Waals surface area contributed by atoms with E-state index in [9.17, 15) is 0 Å². The van der Waals surface area contributed by atoms with E-state index in [1.807, 2.05) is 0 Å². The predicted molar refractivity (Wildman–Crippen MR) is 174 cm³/mol. The maximum absolute atomic E-state index is 5.61. The summed E-state index contributed by atoms with van der Waals surface area (Å²) in [6.45, 7) is 2.20. The summed E-state index contributed by atoms with van der Waals surface area (Å²) in [6, 6.07) is 55.0. The van der Waals surface area contributed by atoms with Crippen molar-refractivity contribution in [3.63, 3.8) is 0 Å². The molecular weight excluding hydrogens is 510 g/mol. The first-order chi connectivity index (χ1) is 20.8. The lowest BCUT2D eigenvalue weighted by atomic mass is 9.67. The van der Waals surface area contributed by atoms with Gasteiger partial charge in [-0.15, -0.1) is 0 Å². The number of hydrogen-bond donors (Lipinski definition) is 0. The summed E-state index contributed by atoms with van der Waals surface area (Å²) in [6.07, 6.45) is 0.893. The Morgan fingerprint density at radius 1 is 0.548 bits per heavy atom. The number of anilines is 3. The number of methoxy groups -OCH3 is 1. The standard InChI is InChI=1S/C40H33NO/c1-3-29-27-34(42-2)24-26-39(29)41(32-19-11-6-12-20-32)33-23-25-36-35-21-13-14-22-37(35)40(38(36)28-33,30-15-7-4-8-16-30)31-17-9-5-10-18-31/h4-28H,3H2,1-2H3. The van der Waals surface area contributed by atoms with Crippen LogP contribution in [0.4, 0.5) is 17.1 Å². The molecule has 0 radical (unpaired) electrons. The van der Waals surface area contributed by atoms with Crippen molar-refractivity contribution in [2.75, 3.05) is 12.0 Å². The fourth-order valence-corrected chi connectivity index (χ4v) is 6.77. The zero-order chi connectivity index (χ0) is 28.5. The molecule has 0 atom stereocenters. The van der Waals surface area contributed by atoms with Crippen LogP contribution in [0, 0.1) is 0 Å². The molecule has 0 spiro atoms. The minimum absolute atomic E-state index is 0.444. The first kappa shape index (κ1) is 25.9. The second-order valence-corrected chi connectivity index (χ2v) is 10.8. The van der Waals surface area contributed by atoms with Crippen LogP contribution in [0.25, 0.3) is 11.1 Å². The lowest BCUT2D eigenvalue weighted by Crippen LogP contribution is -2.28. The van der Waals surface area contributed by atoms with Gasteiger partial charge in [-0.05, 0) is 87.8 Å². The molecule has 2 heteroatoms. The van der Waals surface area contributed by atoms with Crippen molar-refractivity contribution in [1.82, 2.24) is 0 Å². The van der Waals surface area contributed by atoms with Crippen molar-refractivity contribution >= 4 is 17.1 Å². The lowest BCUT2D eigenvalue weighted by molar-refractivity contribution is 0.414. The number of fused-ring (bicyclic) bond motifs is 3. The molecule has 0 heterocycles. The molecule has 1 aliphatic rings. The van der Waals surface area contributed by atoms with Crippen molar-refractivity contribution in [3.8, 4) is 16.9 Å². The van der Waals surface area contributed by atoms with Gasteiger partial charge in [0.15, 0.2) is 0 Å². The van der Waals surface area contributed by atoms with Gasteiger partial charge in [0.25, 0.3) is 0 Å². The van der Waals surface area contributed by atoms with Gasteiger partial charge in [0.05, 0.1) is 12.5 Å². The molecule has 204 valence electrons. The second-order valence-electron chi connectivity index (χ2n) is 10.8. The SMILES string of the molecule is CCc1cc(OC)ccc1N(c1ccccc1)c1ccc2c(c1)C(c1ccccc1)(c1ccccc1)c1ccccc1-2. The van der Waals surface area contributed by atoms with Crippen molar-refractivity contribution < 1.29 is 4.74 Å². The Bertz CT molecular complexity index is 1800. The van der Waals surface area contributed by atoms with E-state index in [2.05, 4.69) is 163 Å². The van der Waals surface area contributed by atoms with Crippen LogP contribution in [0.15, 0.2) is 152 Å². The Morgan fingerprint density at radius 2 is 1.14 bits per heavy atom. The fourth-order valence-electron chi connectivity index (χ4n) is 6.77. The van der Waals surface area contributed by atoms with Crippen LogP contribution in [0.3, 0.4) is 0 Å². The van der Waals surface area contributed by atoms with Gasteiger partial charge >= 0.3 is 0 Å². The molecule has 0 unspecified atom stereocenters. The van der Waals surface area contributed by atoms with E-state index in [-0.39, 0.29) is 0 Å². The largest absolute Gasteiger partial charge is 0.497 e. The summed E-state index contributed by atoms with van der Waals surface area (Å²) in [5.41, 5.74) is 11.9. The van der Waals surface area contributed by atoms with E-state index in [1.54, 1.807) is 7.11 Å². The van der Waals surface area contributed by atoms with Crippen molar-refractivity contribution in [2.24, 2.45) is 0 Å². The summed E-state index contributed by atoms with van der Waals surface area (Å²) in [5, 5.41) is 0. The molecule has 0 aliphatic heterocycles. The summed E-state index contributed by atoms with van der Waals surface area (Å²) < 4.78 is 5.61. The van der Waals surface area contributed by atoms with Gasteiger partial charge < -0.3 is 9.64 Å². The molecule has 0 bridgehead atoms. The maximum Gasteiger partial charge on any atom is 0.119 e. The summed E-state index contributed by atoms with van der Waals surface area (Å²) >= 11 is 0. The van der Waals surface area contributed by atoms with E-state index < -0.39 is 5.41 Å². The van der Waals surface area contributed by atoms with E-state index in [4.69, 9.17) is 4.74 Å². The quantitative estimate of drug-likeness (QED) is 0.198. The number of hydrogen-bond acceptors (Lipinski definition) is 2. The van der Waals surface area contributed by atoms with Crippen LogP contribution in [0.5, 0.6) is 5.75 Å². The molecule has 42 heavy (non-hydrogen) atoms. The van der Waals surface area contributed by atoms with Crippen LogP contribution in [0.2, 0.25) is 0 Å². The van der Waals surface area contributed by atoms with Crippen LogP contribution >= 0.6 is 0 Å². The molecule has 0 amide bonds. The summed E-state index contributed by atoms with van der Waals surface area (Å²) in [4.78, 5) is 2.39. The highest BCUT2D eigenvalue weighted by Gasteiger charge is 2.46. The number of para-hydroxylation sites is 1. The number of benzene rings is 6. The van der Waals surface area contributed by atoms with Crippen molar-refractivity contribution in [1.29, 1.82) is 0 Å². The highest BCUT2D eigenvalue weighted by molar-refractivity contribution is 5.89. The lowest BCUT2D eigenvalue weighted by Gasteiger charge is -2.35. The van der Waals surface area contributed by atoms with E-state index >= 15 is 0 Å². The van der Waals surface area contributed by atoms with Gasteiger partial charge in [-0.3, -0.25) is 0 Å². The molecule has 0 fully saturated rings. The van der Waals surface area contributed by atoms with Gasteiger partial charge in [-0.25, -0.2) is 0 Å². The van der Waals surface area contributed by atoms with Gasteiger partial charge in [0.1, 0.15) is 5.75 Å². The average molecular weight is 544 g/mol. The molecule has 0 N–H and O–H groups in total. The Hall–Kier alpha value is -5.08. The summed E-state index contributed by atoms with van der Waals surface area (Å²) in [7, 11) is 1.73. The Labute approximate surface area is 248 Å². The Kier molecular flexibility index (Phi) is 6.60. The highest BCUT2D eigenvalue weighted by atomic mass is 16.5. The Morgan fingerprint density at radius 3 is 1.79 bits per heavy atom. The maximum atomic E-state index is 5.61. The zero-order valence-electron chi connectivity index (χ0n) is 24.0. The first-order valence-electron chi connectivity index (χ1n) is 14.6. The van der Waals surface area contributed by atoms with Crippen LogP contribution in [-0.2, 0) is 11.8 Å². The third-order valence-electron chi connectivity index (χ3n) is 8.62. The smallest absolute Gasteiger partial charge is 0.119 e. The normalized spacial score (nSPS) is 12.8. The number of aryl methyl sites for hydroxylation is 1. The average Bonchev–Trinajstić information content (AvgIpc) is 3.37. The van der Waals surface area contributed by atoms with Crippen molar-refractivity contribution in [2.45, 2.75) is 18.8 Å². The number of ether oxygens (including phenoxy) is 1. The van der Waals surface area contributed by atoms with Crippen LogP contribution < -0.4 is 9.64 Å². The van der Waals surface area contributed by atoms with E-state index in [1.165, 1.54) is 38.9 Å². The number of nitrogens with zero attached hydrogens (tertiary/aromatic N) is 1. The van der Waals surface area contributed by atoms with E-state index in [0.29, 0.717) is 0 Å². The third kappa shape index (κ3) is 4.02. The Balaban J connectivity index is 1.54. The minimum atomic E-state index is -0.444.